The quantitative estimate of drug-likeness (QED) is 0.888. The van der Waals surface area contributed by atoms with E-state index < -0.39 is 11.9 Å². The third kappa shape index (κ3) is 5.00. The van der Waals surface area contributed by atoms with Crippen molar-refractivity contribution in [3.05, 3.63) is 21.3 Å². The summed E-state index contributed by atoms with van der Waals surface area (Å²) in [4.78, 5) is 24.4. The number of carboxylic acids is 1. The van der Waals surface area contributed by atoms with E-state index in [-0.39, 0.29) is 18.4 Å². The molecular weight excluding hydrogens is 310 g/mol. The Kier molecular flexibility index (Phi) is 6.06. The minimum Gasteiger partial charge on any atom is -0.481 e. The van der Waals surface area contributed by atoms with Crippen LogP contribution in [-0.4, -0.2) is 23.0 Å². The van der Waals surface area contributed by atoms with E-state index in [9.17, 15) is 14.7 Å². The fourth-order valence-electron chi connectivity index (χ4n) is 2.82. The van der Waals surface area contributed by atoms with Gasteiger partial charge in [-0.2, -0.15) is 0 Å². The average Bonchev–Trinajstić information content (AvgIpc) is 2.77. The summed E-state index contributed by atoms with van der Waals surface area (Å²) in [5, 5.41) is 12.3. The van der Waals surface area contributed by atoms with E-state index in [1.54, 1.807) is 6.07 Å². The molecule has 2 rings (SSSR count). The van der Waals surface area contributed by atoms with Crippen molar-refractivity contribution < 1.29 is 14.7 Å². The molecule has 1 fully saturated rings. The van der Waals surface area contributed by atoms with Crippen LogP contribution in [0.15, 0.2) is 12.1 Å². The molecule has 1 aliphatic rings. The molecule has 6 heteroatoms. The number of amides is 1. The van der Waals surface area contributed by atoms with E-state index in [0.717, 1.165) is 37.0 Å². The number of thiophene rings is 1. The molecule has 0 bridgehead atoms. The number of rotatable bonds is 4. The molecule has 0 aliphatic heterocycles. The lowest BCUT2D eigenvalue weighted by molar-refractivity contribution is -0.143. The predicted molar refractivity (Wildman–Crippen MR) is 83.8 cm³/mol. The Bertz CT molecular complexity index is 503. The number of carbonyl (C=O) groups is 2. The van der Waals surface area contributed by atoms with Crippen LogP contribution in [0.3, 0.4) is 0 Å². The lowest BCUT2D eigenvalue weighted by Crippen LogP contribution is -2.44. The standard InChI is InChI=1S/C15H20ClNO3S/c16-13-8-7-10(21-13)9-14(18)17-12-6-4-2-1-3-5-11(12)15(19)20/h7-8,11-12H,1-6,9H2,(H,17,18)(H,19,20). The highest BCUT2D eigenvalue weighted by molar-refractivity contribution is 7.16. The third-order valence-corrected chi connectivity index (χ3v) is 5.12. The maximum absolute atomic E-state index is 12.1. The van der Waals surface area contributed by atoms with Gasteiger partial charge in [-0.15, -0.1) is 11.3 Å². The smallest absolute Gasteiger partial charge is 0.308 e. The average molecular weight is 330 g/mol. The Labute approximate surface area is 133 Å². The second-order valence-corrected chi connectivity index (χ2v) is 7.29. The van der Waals surface area contributed by atoms with Gasteiger partial charge >= 0.3 is 5.97 Å². The molecule has 1 amide bonds. The Hall–Kier alpha value is -1.07. The van der Waals surface area contributed by atoms with Gasteiger partial charge in [0.2, 0.25) is 5.91 Å². The first kappa shape index (κ1) is 16.3. The van der Waals surface area contributed by atoms with Gasteiger partial charge in [0.05, 0.1) is 16.7 Å². The summed E-state index contributed by atoms with van der Waals surface area (Å²) in [5.41, 5.74) is 0. The lowest BCUT2D eigenvalue weighted by atomic mass is 9.86. The molecule has 2 atom stereocenters. The molecule has 1 aromatic rings. The van der Waals surface area contributed by atoms with Crippen LogP contribution in [0, 0.1) is 5.92 Å². The molecule has 1 aliphatic carbocycles. The minimum absolute atomic E-state index is 0.120. The van der Waals surface area contributed by atoms with Crippen molar-refractivity contribution in [3.63, 3.8) is 0 Å². The fraction of sp³-hybridized carbons (Fsp3) is 0.600. The van der Waals surface area contributed by atoms with E-state index in [1.807, 2.05) is 6.07 Å². The molecule has 1 saturated carbocycles. The second-order valence-electron chi connectivity index (χ2n) is 5.49. The zero-order valence-electron chi connectivity index (χ0n) is 11.8. The first-order valence-electron chi connectivity index (χ1n) is 7.32. The molecule has 0 aromatic carbocycles. The number of carbonyl (C=O) groups excluding carboxylic acids is 1. The molecule has 1 aromatic heterocycles. The van der Waals surface area contributed by atoms with Crippen LogP contribution in [0.2, 0.25) is 4.34 Å². The summed E-state index contributed by atoms with van der Waals surface area (Å²) in [6.45, 7) is 0. The van der Waals surface area contributed by atoms with E-state index in [1.165, 1.54) is 11.3 Å². The zero-order valence-corrected chi connectivity index (χ0v) is 13.4. The largest absolute Gasteiger partial charge is 0.481 e. The highest BCUT2D eigenvalue weighted by Crippen LogP contribution is 2.24. The van der Waals surface area contributed by atoms with Crippen LogP contribution >= 0.6 is 22.9 Å². The summed E-state index contributed by atoms with van der Waals surface area (Å²) < 4.78 is 0.659. The van der Waals surface area contributed by atoms with Crippen LogP contribution in [0.4, 0.5) is 0 Å². The maximum Gasteiger partial charge on any atom is 0.308 e. The zero-order chi connectivity index (χ0) is 15.2. The molecule has 0 spiro atoms. The van der Waals surface area contributed by atoms with Gasteiger partial charge in [-0.1, -0.05) is 37.3 Å². The van der Waals surface area contributed by atoms with Crippen LogP contribution in [-0.2, 0) is 16.0 Å². The summed E-state index contributed by atoms with van der Waals surface area (Å²) >= 11 is 7.23. The van der Waals surface area contributed by atoms with Crippen LogP contribution in [0.5, 0.6) is 0 Å². The maximum atomic E-state index is 12.1. The van der Waals surface area contributed by atoms with Crippen LogP contribution in [0.25, 0.3) is 0 Å². The Morgan fingerprint density at radius 3 is 2.57 bits per heavy atom. The van der Waals surface area contributed by atoms with E-state index in [0.29, 0.717) is 10.8 Å². The number of halogens is 1. The summed E-state index contributed by atoms with van der Waals surface area (Å²) in [6.07, 6.45) is 5.74. The Balaban J connectivity index is 1.96. The predicted octanol–water partition coefficient (Wildman–Crippen LogP) is 3.48. The first-order valence-corrected chi connectivity index (χ1v) is 8.52. The van der Waals surface area contributed by atoms with Crippen molar-refractivity contribution >= 4 is 34.8 Å². The number of nitrogens with one attached hydrogen (secondary N) is 1. The number of carboxylic acid groups (broad SMARTS) is 1. The Morgan fingerprint density at radius 2 is 1.95 bits per heavy atom. The van der Waals surface area contributed by atoms with E-state index in [2.05, 4.69) is 5.32 Å². The molecular formula is C15H20ClNO3S. The van der Waals surface area contributed by atoms with Gasteiger partial charge in [0.15, 0.2) is 0 Å². The summed E-state index contributed by atoms with van der Waals surface area (Å²) in [6, 6.07) is 3.34. The third-order valence-electron chi connectivity index (χ3n) is 3.89. The van der Waals surface area contributed by atoms with Crippen LogP contribution in [0.1, 0.15) is 43.4 Å². The molecule has 4 nitrogen and oxygen atoms in total. The topological polar surface area (TPSA) is 66.4 Å². The van der Waals surface area contributed by atoms with Gasteiger partial charge in [0, 0.05) is 10.9 Å². The monoisotopic (exact) mass is 329 g/mol. The fourth-order valence-corrected chi connectivity index (χ4v) is 3.90. The van der Waals surface area contributed by atoms with E-state index >= 15 is 0 Å². The SMILES string of the molecule is O=C(Cc1ccc(Cl)s1)NC1CCCCCCC1C(=O)O. The highest BCUT2D eigenvalue weighted by Gasteiger charge is 2.29. The summed E-state index contributed by atoms with van der Waals surface area (Å²) in [5.74, 6) is -1.40. The van der Waals surface area contributed by atoms with Gasteiger partial charge in [-0.05, 0) is 25.0 Å². The van der Waals surface area contributed by atoms with Crippen molar-refractivity contribution in [2.75, 3.05) is 0 Å². The van der Waals surface area contributed by atoms with Crippen LogP contribution < -0.4 is 5.32 Å². The lowest BCUT2D eigenvalue weighted by Gasteiger charge is -2.27. The van der Waals surface area contributed by atoms with Gasteiger partial charge in [0.25, 0.3) is 0 Å². The second kappa shape index (κ2) is 7.80. The number of hydrogen-bond donors (Lipinski definition) is 2. The van der Waals surface area contributed by atoms with Crippen molar-refractivity contribution in [1.82, 2.24) is 5.32 Å². The van der Waals surface area contributed by atoms with Gasteiger partial charge in [-0.25, -0.2) is 0 Å². The van der Waals surface area contributed by atoms with E-state index in [4.69, 9.17) is 11.6 Å². The number of hydrogen-bond acceptors (Lipinski definition) is 3. The first-order chi connectivity index (χ1) is 10.1. The molecule has 21 heavy (non-hydrogen) atoms. The summed E-state index contributed by atoms with van der Waals surface area (Å²) in [7, 11) is 0. The Morgan fingerprint density at radius 1 is 1.24 bits per heavy atom. The molecule has 0 saturated heterocycles. The van der Waals surface area contributed by atoms with Gasteiger partial charge < -0.3 is 10.4 Å². The molecule has 1 heterocycles. The molecule has 0 radical (unpaired) electrons. The number of aliphatic carboxylic acids is 1. The normalized spacial score (nSPS) is 23.1. The van der Waals surface area contributed by atoms with Crippen molar-refractivity contribution in [2.45, 2.75) is 51.0 Å². The van der Waals surface area contributed by atoms with Gasteiger partial charge in [-0.3, -0.25) is 9.59 Å². The molecule has 116 valence electrons. The minimum atomic E-state index is -0.804. The van der Waals surface area contributed by atoms with Crippen molar-refractivity contribution in [3.8, 4) is 0 Å². The highest BCUT2D eigenvalue weighted by atomic mass is 35.5. The molecule has 2 N–H and O–H groups in total. The van der Waals surface area contributed by atoms with Crippen molar-refractivity contribution in [1.29, 1.82) is 0 Å². The molecule has 2 unspecified atom stereocenters. The van der Waals surface area contributed by atoms with Gasteiger partial charge in [0.1, 0.15) is 0 Å². The van der Waals surface area contributed by atoms with Crippen molar-refractivity contribution in [2.24, 2.45) is 5.92 Å².